The maximum absolute atomic E-state index is 10.6. The molecule has 0 aliphatic rings. The van der Waals surface area contributed by atoms with Crippen molar-refractivity contribution in [3.05, 3.63) is 39.9 Å². The minimum absolute atomic E-state index is 0.0192. The van der Waals surface area contributed by atoms with Crippen molar-refractivity contribution in [2.24, 2.45) is 4.99 Å². The molecule has 1 aromatic heterocycles. The van der Waals surface area contributed by atoms with Gasteiger partial charge >= 0.3 is 0 Å². The Morgan fingerprint density at radius 3 is 2.94 bits per heavy atom. The third-order valence-electron chi connectivity index (χ3n) is 1.84. The maximum Gasteiger partial charge on any atom is 0.270 e. The van der Waals surface area contributed by atoms with Gasteiger partial charge < -0.3 is 5.73 Å². The Labute approximate surface area is 99.8 Å². The number of hydrogen-bond acceptors (Lipinski definition) is 7. The fourth-order valence-electron chi connectivity index (χ4n) is 1.13. The van der Waals surface area contributed by atoms with Gasteiger partial charge in [-0.2, -0.15) is 0 Å². The average molecular weight is 249 g/mol. The van der Waals surface area contributed by atoms with Crippen molar-refractivity contribution >= 4 is 33.5 Å². The third kappa shape index (κ3) is 2.82. The van der Waals surface area contributed by atoms with Crippen LogP contribution in [0.25, 0.3) is 0 Å². The Kier molecular flexibility index (Phi) is 3.06. The molecule has 2 N–H and O–H groups in total. The number of nitrogen functional groups attached to an aromatic ring is 1. The van der Waals surface area contributed by atoms with Crippen LogP contribution in [0.4, 0.5) is 16.0 Å². The van der Waals surface area contributed by atoms with E-state index in [1.807, 2.05) is 0 Å². The number of nitrogens with two attached hydrogens (primary N) is 1. The number of nitrogens with zero attached hydrogens (tertiary/aromatic N) is 4. The van der Waals surface area contributed by atoms with Crippen LogP contribution >= 0.6 is 11.3 Å². The number of benzene rings is 1. The van der Waals surface area contributed by atoms with Crippen molar-refractivity contribution in [3.63, 3.8) is 0 Å². The number of hydrogen-bond donors (Lipinski definition) is 1. The van der Waals surface area contributed by atoms with Crippen molar-refractivity contribution in [2.75, 3.05) is 5.73 Å². The summed E-state index contributed by atoms with van der Waals surface area (Å²) in [6.07, 6.45) is 1.48. The number of non-ortho nitro benzene ring substituents is 1. The van der Waals surface area contributed by atoms with Crippen molar-refractivity contribution in [1.82, 2.24) is 10.2 Å². The first-order chi connectivity index (χ1) is 8.15. The highest BCUT2D eigenvalue weighted by Gasteiger charge is 2.04. The summed E-state index contributed by atoms with van der Waals surface area (Å²) >= 11 is 1.14. The summed E-state index contributed by atoms with van der Waals surface area (Å²) in [7, 11) is 0. The number of rotatable bonds is 3. The summed E-state index contributed by atoms with van der Waals surface area (Å²) in [5.74, 6) is 0. The first-order valence-corrected chi connectivity index (χ1v) is 5.34. The lowest BCUT2D eigenvalue weighted by Crippen LogP contribution is -1.89. The monoisotopic (exact) mass is 249 g/mol. The first-order valence-electron chi connectivity index (χ1n) is 4.52. The lowest BCUT2D eigenvalue weighted by atomic mass is 10.2. The molecule has 0 radical (unpaired) electrons. The van der Waals surface area contributed by atoms with Gasteiger partial charge in [-0.1, -0.05) is 23.5 Å². The highest BCUT2D eigenvalue weighted by atomic mass is 32.1. The van der Waals surface area contributed by atoms with Crippen molar-refractivity contribution in [1.29, 1.82) is 0 Å². The fourth-order valence-corrected chi connectivity index (χ4v) is 1.58. The van der Waals surface area contributed by atoms with E-state index in [0.717, 1.165) is 11.3 Å². The van der Waals surface area contributed by atoms with Crippen LogP contribution in [-0.2, 0) is 0 Å². The van der Waals surface area contributed by atoms with Crippen molar-refractivity contribution in [3.8, 4) is 0 Å². The molecule has 17 heavy (non-hydrogen) atoms. The number of anilines is 1. The zero-order chi connectivity index (χ0) is 12.3. The van der Waals surface area contributed by atoms with Gasteiger partial charge in [0.1, 0.15) is 0 Å². The second-order valence-corrected chi connectivity index (χ2v) is 4.02. The van der Waals surface area contributed by atoms with Crippen LogP contribution in [0.2, 0.25) is 0 Å². The molecule has 0 spiro atoms. The Bertz CT molecular complexity index is 580. The van der Waals surface area contributed by atoms with E-state index in [4.69, 9.17) is 5.73 Å². The molecule has 0 saturated carbocycles. The van der Waals surface area contributed by atoms with Gasteiger partial charge in [0.05, 0.1) is 4.92 Å². The molecule has 7 nitrogen and oxygen atoms in total. The van der Waals surface area contributed by atoms with E-state index in [9.17, 15) is 10.1 Å². The van der Waals surface area contributed by atoms with E-state index in [0.29, 0.717) is 15.8 Å². The number of aromatic nitrogens is 2. The van der Waals surface area contributed by atoms with Crippen LogP contribution in [0, 0.1) is 10.1 Å². The highest BCUT2D eigenvalue weighted by molar-refractivity contribution is 7.18. The molecule has 0 atom stereocenters. The van der Waals surface area contributed by atoms with Gasteiger partial charge in [0.15, 0.2) is 0 Å². The molecule has 0 aliphatic carbocycles. The lowest BCUT2D eigenvalue weighted by Gasteiger charge is -1.92. The van der Waals surface area contributed by atoms with Crippen molar-refractivity contribution in [2.45, 2.75) is 0 Å². The van der Waals surface area contributed by atoms with E-state index in [1.165, 1.54) is 18.3 Å². The lowest BCUT2D eigenvalue weighted by molar-refractivity contribution is -0.384. The van der Waals surface area contributed by atoms with Gasteiger partial charge in [0, 0.05) is 18.3 Å². The molecular weight excluding hydrogens is 242 g/mol. The molecule has 1 heterocycles. The van der Waals surface area contributed by atoms with Gasteiger partial charge in [0.25, 0.3) is 5.69 Å². The third-order valence-corrected chi connectivity index (χ3v) is 2.50. The molecule has 0 fully saturated rings. The predicted molar refractivity (Wildman–Crippen MR) is 64.7 cm³/mol. The van der Waals surface area contributed by atoms with Gasteiger partial charge in [-0.05, 0) is 5.56 Å². The normalized spacial score (nSPS) is 10.8. The largest absolute Gasteiger partial charge is 0.374 e. The van der Waals surface area contributed by atoms with Crippen LogP contribution in [0.3, 0.4) is 0 Å². The summed E-state index contributed by atoms with van der Waals surface area (Å²) in [5.41, 5.74) is 6.03. The molecule has 2 rings (SSSR count). The van der Waals surface area contributed by atoms with Crippen LogP contribution in [0.5, 0.6) is 0 Å². The summed E-state index contributed by atoms with van der Waals surface area (Å²) in [6.45, 7) is 0. The van der Waals surface area contributed by atoms with Crippen LogP contribution < -0.4 is 5.73 Å². The van der Waals surface area contributed by atoms with E-state index in [1.54, 1.807) is 12.1 Å². The fraction of sp³-hybridized carbons (Fsp3) is 0. The van der Waals surface area contributed by atoms with E-state index < -0.39 is 4.92 Å². The molecule has 0 bridgehead atoms. The predicted octanol–water partition coefficient (Wildman–Crippen LogP) is 1.78. The Hall–Kier alpha value is -2.35. The zero-order valence-corrected chi connectivity index (χ0v) is 9.29. The first kappa shape index (κ1) is 11.1. The summed E-state index contributed by atoms with van der Waals surface area (Å²) in [5, 5.41) is 18.6. The number of nitro groups is 1. The zero-order valence-electron chi connectivity index (χ0n) is 8.48. The van der Waals surface area contributed by atoms with E-state index in [-0.39, 0.29) is 5.69 Å². The maximum atomic E-state index is 10.6. The molecule has 2 aromatic rings. The molecule has 86 valence electrons. The summed E-state index contributed by atoms with van der Waals surface area (Å²) in [4.78, 5) is 14.1. The van der Waals surface area contributed by atoms with Gasteiger partial charge in [-0.25, -0.2) is 4.99 Å². The van der Waals surface area contributed by atoms with Crippen LogP contribution in [0.15, 0.2) is 29.3 Å². The van der Waals surface area contributed by atoms with Crippen molar-refractivity contribution < 1.29 is 4.92 Å². The van der Waals surface area contributed by atoms with E-state index >= 15 is 0 Å². The van der Waals surface area contributed by atoms with Gasteiger partial charge in [-0.15, -0.1) is 10.2 Å². The molecule has 0 aliphatic heterocycles. The Morgan fingerprint density at radius 1 is 1.47 bits per heavy atom. The molecule has 0 saturated heterocycles. The quantitative estimate of drug-likeness (QED) is 0.506. The minimum Gasteiger partial charge on any atom is -0.374 e. The number of aliphatic imine (C=N–C) groups is 1. The molecule has 1 aromatic carbocycles. The Morgan fingerprint density at radius 2 is 2.29 bits per heavy atom. The van der Waals surface area contributed by atoms with Gasteiger partial charge in [0.2, 0.25) is 10.3 Å². The summed E-state index contributed by atoms with van der Waals surface area (Å²) in [6, 6.07) is 6.14. The average Bonchev–Trinajstić information content (AvgIpc) is 2.73. The SMILES string of the molecule is Nc1nnc(/N=C/c2cccc([N+](=O)[O-])c2)s1. The van der Waals surface area contributed by atoms with Crippen LogP contribution in [-0.4, -0.2) is 21.3 Å². The Balaban J connectivity index is 2.21. The minimum atomic E-state index is -0.458. The highest BCUT2D eigenvalue weighted by Crippen LogP contribution is 2.20. The van der Waals surface area contributed by atoms with Gasteiger partial charge in [-0.3, -0.25) is 10.1 Å². The molecular formula is C9H7N5O2S. The van der Waals surface area contributed by atoms with Crippen LogP contribution in [0.1, 0.15) is 5.56 Å². The molecule has 0 unspecified atom stereocenters. The number of nitro benzene ring substituents is 1. The smallest absolute Gasteiger partial charge is 0.270 e. The van der Waals surface area contributed by atoms with E-state index in [2.05, 4.69) is 15.2 Å². The molecule has 8 heteroatoms. The molecule has 0 amide bonds. The second kappa shape index (κ2) is 4.66. The topological polar surface area (TPSA) is 107 Å². The standard InChI is InChI=1S/C9H7N5O2S/c10-8-12-13-9(17-8)11-5-6-2-1-3-7(4-6)14(15)16/h1-5H,(H2,10,12)/b11-5+. The summed E-state index contributed by atoms with van der Waals surface area (Å²) < 4.78 is 0. The second-order valence-electron chi connectivity index (χ2n) is 3.03.